The predicted molar refractivity (Wildman–Crippen MR) is 116 cm³/mol. The lowest BCUT2D eigenvalue weighted by Crippen LogP contribution is -2.68. The Kier molecular flexibility index (Phi) is 6.40. The number of rotatable bonds is 4. The van der Waals surface area contributed by atoms with Crippen molar-refractivity contribution in [3.8, 4) is 11.5 Å². The maximum absolute atomic E-state index is 6.01. The number of halogens is 1. The zero-order valence-electron chi connectivity index (χ0n) is 16.2. The van der Waals surface area contributed by atoms with Gasteiger partial charge in [0.15, 0.2) is 23.6 Å². The van der Waals surface area contributed by atoms with Gasteiger partial charge in [-0.05, 0) is 25.5 Å². The van der Waals surface area contributed by atoms with Crippen molar-refractivity contribution in [2.24, 2.45) is 16.3 Å². The Morgan fingerprint density at radius 2 is 2.04 bits per heavy atom. The number of fused-ring (bicyclic) bond motifs is 2. The largest absolute Gasteiger partial charge is 0.486 e. The van der Waals surface area contributed by atoms with Crippen LogP contribution in [-0.4, -0.2) is 50.5 Å². The Hall–Kier alpha value is -1.22. The van der Waals surface area contributed by atoms with Crippen molar-refractivity contribution >= 4 is 29.9 Å². The molecule has 2 N–H and O–H groups in total. The molecule has 4 rings (SSSR count). The Bertz CT molecular complexity index is 682. The third-order valence-electron chi connectivity index (χ3n) is 5.76. The van der Waals surface area contributed by atoms with Gasteiger partial charge in [0.2, 0.25) is 0 Å². The van der Waals surface area contributed by atoms with E-state index in [9.17, 15) is 0 Å². The second-order valence-electron chi connectivity index (χ2n) is 7.90. The Balaban J connectivity index is 0.00000210. The highest BCUT2D eigenvalue weighted by atomic mass is 127. The number of hydrogen-bond donors (Lipinski definition) is 2. The molecule has 0 spiro atoms. The predicted octanol–water partition coefficient (Wildman–Crippen LogP) is 2.81. The fraction of sp³-hybridized carbons (Fsp3) is 0.650. The zero-order chi connectivity index (χ0) is 18.1. The van der Waals surface area contributed by atoms with Crippen LogP contribution < -0.4 is 20.1 Å². The summed E-state index contributed by atoms with van der Waals surface area (Å²) >= 11 is 0. The number of benzene rings is 1. The van der Waals surface area contributed by atoms with Gasteiger partial charge in [-0.15, -0.1) is 24.0 Å². The molecule has 2 aliphatic heterocycles. The summed E-state index contributed by atoms with van der Waals surface area (Å²) in [7, 11) is 0. The van der Waals surface area contributed by atoms with Gasteiger partial charge in [0, 0.05) is 30.5 Å². The first kappa shape index (κ1) is 20.5. The van der Waals surface area contributed by atoms with Crippen molar-refractivity contribution in [3.05, 3.63) is 24.3 Å². The van der Waals surface area contributed by atoms with E-state index in [2.05, 4.69) is 31.4 Å². The number of para-hydroxylation sites is 2. The van der Waals surface area contributed by atoms with Gasteiger partial charge in [-0.25, -0.2) is 4.99 Å². The molecule has 2 heterocycles. The second-order valence-corrected chi connectivity index (χ2v) is 7.90. The monoisotopic (exact) mass is 487 g/mol. The third-order valence-corrected chi connectivity index (χ3v) is 5.76. The number of nitrogens with one attached hydrogen (secondary N) is 2. The van der Waals surface area contributed by atoms with Gasteiger partial charge in [0.05, 0.1) is 12.6 Å². The zero-order valence-corrected chi connectivity index (χ0v) is 18.6. The number of ether oxygens (including phenoxy) is 3. The third kappa shape index (κ3) is 3.99. The molecular weight excluding hydrogens is 457 g/mol. The van der Waals surface area contributed by atoms with Crippen LogP contribution in [0.3, 0.4) is 0 Å². The molecule has 3 aliphatic rings. The molecule has 1 aromatic rings. The summed E-state index contributed by atoms with van der Waals surface area (Å²) < 4.78 is 17.7. The van der Waals surface area contributed by atoms with E-state index in [-0.39, 0.29) is 35.5 Å². The molecule has 2 fully saturated rings. The fourth-order valence-corrected chi connectivity index (χ4v) is 4.43. The Labute approximate surface area is 178 Å². The highest BCUT2D eigenvalue weighted by Crippen LogP contribution is 2.52. The molecule has 1 saturated heterocycles. The lowest BCUT2D eigenvalue weighted by molar-refractivity contribution is -0.106. The van der Waals surface area contributed by atoms with Crippen LogP contribution >= 0.6 is 24.0 Å². The van der Waals surface area contributed by atoms with E-state index in [4.69, 9.17) is 19.2 Å². The molecule has 4 atom stereocenters. The number of hydrogen-bond acceptors (Lipinski definition) is 4. The first-order valence-electron chi connectivity index (χ1n) is 9.64. The summed E-state index contributed by atoms with van der Waals surface area (Å²) in [6.07, 6.45) is 1.42. The minimum Gasteiger partial charge on any atom is -0.486 e. The van der Waals surface area contributed by atoms with E-state index >= 15 is 0 Å². The minimum atomic E-state index is -0.0719. The van der Waals surface area contributed by atoms with Gasteiger partial charge < -0.3 is 24.8 Å². The number of aliphatic imine (C=N–C) groups is 1. The molecular formula is C20H30IN3O3. The Morgan fingerprint density at radius 1 is 1.26 bits per heavy atom. The molecule has 27 heavy (non-hydrogen) atoms. The SMILES string of the molecule is CCNC(=NCC1COc2ccccc2O1)NC1C2CCOC2C1(C)C.I. The van der Waals surface area contributed by atoms with Crippen molar-refractivity contribution in [2.45, 2.75) is 45.4 Å². The van der Waals surface area contributed by atoms with Crippen molar-refractivity contribution in [3.63, 3.8) is 0 Å². The molecule has 4 unspecified atom stereocenters. The van der Waals surface area contributed by atoms with Crippen molar-refractivity contribution in [1.82, 2.24) is 10.6 Å². The highest BCUT2D eigenvalue weighted by molar-refractivity contribution is 14.0. The lowest BCUT2D eigenvalue weighted by Gasteiger charge is -2.54. The average Bonchev–Trinajstić information content (AvgIpc) is 3.11. The summed E-state index contributed by atoms with van der Waals surface area (Å²) in [6, 6.07) is 8.16. The van der Waals surface area contributed by atoms with Crippen LogP contribution in [0.4, 0.5) is 0 Å². The molecule has 1 saturated carbocycles. The van der Waals surface area contributed by atoms with Crippen LogP contribution in [0, 0.1) is 11.3 Å². The smallest absolute Gasteiger partial charge is 0.191 e. The standard InChI is InChI=1S/C20H29N3O3.HI/c1-4-21-19(23-17-14-9-10-24-18(14)20(17,2)3)22-11-13-12-25-15-7-5-6-8-16(15)26-13;/h5-8,13-14,17-18H,4,9-12H2,1-3H3,(H2,21,22,23);1H. The minimum absolute atomic E-state index is 0. The fourth-order valence-electron chi connectivity index (χ4n) is 4.43. The average molecular weight is 487 g/mol. The molecule has 1 aliphatic carbocycles. The maximum Gasteiger partial charge on any atom is 0.191 e. The van der Waals surface area contributed by atoms with Gasteiger partial charge in [-0.2, -0.15) is 0 Å². The first-order chi connectivity index (χ1) is 12.6. The van der Waals surface area contributed by atoms with E-state index in [1.54, 1.807) is 0 Å². The van der Waals surface area contributed by atoms with E-state index < -0.39 is 0 Å². The molecule has 0 radical (unpaired) electrons. The van der Waals surface area contributed by atoms with Crippen molar-refractivity contribution < 1.29 is 14.2 Å². The number of guanidine groups is 1. The van der Waals surface area contributed by atoms with Crippen LogP contribution in [0.1, 0.15) is 27.2 Å². The second kappa shape index (κ2) is 8.43. The molecule has 6 nitrogen and oxygen atoms in total. The summed E-state index contributed by atoms with van der Waals surface area (Å²) in [5.41, 5.74) is 0.126. The van der Waals surface area contributed by atoms with Crippen LogP contribution in [0.2, 0.25) is 0 Å². The van der Waals surface area contributed by atoms with Gasteiger partial charge >= 0.3 is 0 Å². The molecule has 150 valence electrons. The number of nitrogens with zero attached hydrogens (tertiary/aromatic N) is 1. The molecule has 0 amide bonds. The maximum atomic E-state index is 6.01. The van der Waals surface area contributed by atoms with Gasteiger partial charge in [-0.1, -0.05) is 26.0 Å². The topological polar surface area (TPSA) is 64.1 Å². The van der Waals surface area contributed by atoms with E-state index in [1.807, 2.05) is 24.3 Å². The summed E-state index contributed by atoms with van der Waals surface area (Å²) in [5.74, 6) is 3.03. The van der Waals surface area contributed by atoms with Crippen LogP contribution in [0.25, 0.3) is 0 Å². The summed E-state index contributed by atoms with van der Waals surface area (Å²) in [6.45, 7) is 9.41. The summed E-state index contributed by atoms with van der Waals surface area (Å²) in [4.78, 5) is 4.76. The van der Waals surface area contributed by atoms with E-state index in [0.717, 1.165) is 37.0 Å². The summed E-state index contributed by atoms with van der Waals surface area (Å²) in [5, 5.41) is 7.00. The van der Waals surface area contributed by atoms with Crippen LogP contribution in [-0.2, 0) is 4.74 Å². The Morgan fingerprint density at radius 3 is 2.81 bits per heavy atom. The highest BCUT2D eigenvalue weighted by Gasteiger charge is 2.59. The van der Waals surface area contributed by atoms with E-state index in [0.29, 0.717) is 31.2 Å². The normalized spacial score (nSPS) is 30.6. The molecule has 7 heteroatoms. The first-order valence-corrected chi connectivity index (χ1v) is 9.64. The quantitative estimate of drug-likeness (QED) is 0.389. The van der Waals surface area contributed by atoms with Gasteiger partial charge in [0.1, 0.15) is 6.61 Å². The van der Waals surface area contributed by atoms with Crippen LogP contribution in [0.5, 0.6) is 11.5 Å². The van der Waals surface area contributed by atoms with Gasteiger partial charge in [-0.3, -0.25) is 0 Å². The van der Waals surface area contributed by atoms with Crippen molar-refractivity contribution in [1.29, 1.82) is 0 Å². The van der Waals surface area contributed by atoms with E-state index in [1.165, 1.54) is 0 Å². The van der Waals surface area contributed by atoms with Crippen LogP contribution in [0.15, 0.2) is 29.3 Å². The van der Waals surface area contributed by atoms with Crippen molar-refractivity contribution in [2.75, 3.05) is 26.3 Å². The lowest BCUT2D eigenvalue weighted by atomic mass is 9.57. The molecule has 1 aromatic carbocycles. The molecule has 0 bridgehead atoms. The molecule has 0 aromatic heterocycles. The van der Waals surface area contributed by atoms with Gasteiger partial charge in [0.25, 0.3) is 0 Å².